The third-order valence-electron chi connectivity index (χ3n) is 2.68. The van der Waals surface area contributed by atoms with Gasteiger partial charge in [0, 0.05) is 0 Å². The highest BCUT2D eigenvalue weighted by atomic mass is 16.5. The number of nitrogens with zero attached hydrogens (tertiary/aromatic N) is 1. The number of aromatic hydroxyl groups is 1. The Morgan fingerprint density at radius 1 is 1.35 bits per heavy atom. The zero-order chi connectivity index (χ0) is 14.7. The second-order valence-corrected chi connectivity index (χ2v) is 4.05. The van der Waals surface area contributed by atoms with Crippen molar-refractivity contribution in [1.82, 2.24) is 10.2 Å². The molecule has 0 atom stereocenters. The quantitative estimate of drug-likeness (QED) is 0.475. The summed E-state index contributed by atoms with van der Waals surface area (Å²) >= 11 is 0. The molecule has 2 N–H and O–H groups in total. The van der Waals surface area contributed by atoms with Gasteiger partial charge in [0.25, 0.3) is 5.91 Å². The van der Waals surface area contributed by atoms with Crippen molar-refractivity contribution in [3.63, 3.8) is 0 Å². The smallest absolute Gasteiger partial charge is 0.329 e. The molecule has 1 aliphatic heterocycles. The molecule has 20 heavy (non-hydrogen) atoms. The lowest BCUT2D eigenvalue weighted by atomic mass is 10.2. The number of amides is 3. The van der Waals surface area contributed by atoms with Crippen LogP contribution in [0.3, 0.4) is 0 Å². The fraction of sp³-hybridized carbons (Fsp3) is 0.154. The van der Waals surface area contributed by atoms with Gasteiger partial charge in [-0.3, -0.25) is 9.59 Å². The Labute approximate surface area is 114 Å². The predicted octanol–water partition coefficient (Wildman–Crippen LogP) is 0.458. The number of ether oxygens (including phenoxy) is 1. The van der Waals surface area contributed by atoms with E-state index in [-0.39, 0.29) is 11.4 Å². The number of rotatable bonds is 3. The summed E-state index contributed by atoms with van der Waals surface area (Å²) in [6, 6.07) is 5.42. The van der Waals surface area contributed by atoms with E-state index in [4.69, 9.17) is 5.11 Å². The molecule has 0 bridgehead atoms. The number of urea groups is 1. The van der Waals surface area contributed by atoms with Crippen LogP contribution in [0, 0.1) is 0 Å². The summed E-state index contributed by atoms with van der Waals surface area (Å²) in [7, 11) is 1.17. The van der Waals surface area contributed by atoms with Gasteiger partial charge in [0.15, 0.2) is 0 Å². The number of methoxy groups -OCH3 is 1. The van der Waals surface area contributed by atoms with E-state index in [2.05, 4.69) is 10.1 Å². The molecule has 2 rings (SSSR count). The number of benzene rings is 1. The van der Waals surface area contributed by atoms with E-state index < -0.39 is 24.5 Å². The number of phenolic OH excluding ortho intramolecular Hbond substituents is 1. The first-order valence-electron chi connectivity index (χ1n) is 5.71. The summed E-state index contributed by atoms with van der Waals surface area (Å²) in [5.74, 6) is -1.19. The van der Waals surface area contributed by atoms with E-state index in [1.54, 1.807) is 12.1 Å². The van der Waals surface area contributed by atoms with Gasteiger partial charge in [0.2, 0.25) is 0 Å². The Balaban J connectivity index is 2.19. The van der Waals surface area contributed by atoms with Gasteiger partial charge in [-0.15, -0.1) is 0 Å². The molecule has 0 saturated carbocycles. The standard InChI is InChI=1S/C13H12N2O5/c1-20-11(17)7-15-12(18)10(14-13(15)19)6-8-2-4-9(16)5-3-8/h2-6,16H,7H2,1H3,(H,14,19). The van der Waals surface area contributed by atoms with Gasteiger partial charge in [-0.2, -0.15) is 0 Å². The summed E-state index contributed by atoms with van der Waals surface area (Å²) in [6.07, 6.45) is 1.46. The molecule has 1 aromatic carbocycles. The van der Waals surface area contributed by atoms with Crippen molar-refractivity contribution in [2.75, 3.05) is 13.7 Å². The van der Waals surface area contributed by atoms with Crippen molar-refractivity contribution in [3.05, 3.63) is 35.5 Å². The molecule has 104 valence electrons. The van der Waals surface area contributed by atoms with E-state index in [0.29, 0.717) is 5.56 Å². The molecule has 0 unspecified atom stereocenters. The van der Waals surface area contributed by atoms with Crippen LogP contribution in [0.25, 0.3) is 6.08 Å². The summed E-state index contributed by atoms with van der Waals surface area (Å²) in [5.41, 5.74) is 0.691. The lowest BCUT2D eigenvalue weighted by Crippen LogP contribution is -2.36. The number of nitrogens with one attached hydrogen (secondary N) is 1. The van der Waals surface area contributed by atoms with Crippen LogP contribution >= 0.6 is 0 Å². The molecular formula is C13H12N2O5. The summed E-state index contributed by atoms with van der Waals surface area (Å²) < 4.78 is 4.42. The van der Waals surface area contributed by atoms with Gasteiger partial charge < -0.3 is 15.2 Å². The van der Waals surface area contributed by atoms with Crippen molar-refractivity contribution >= 4 is 24.0 Å². The summed E-state index contributed by atoms with van der Waals surface area (Å²) in [4.78, 5) is 35.4. The van der Waals surface area contributed by atoms with Crippen molar-refractivity contribution in [1.29, 1.82) is 0 Å². The highest BCUT2D eigenvalue weighted by Gasteiger charge is 2.35. The SMILES string of the molecule is COC(=O)CN1C(=O)NC(=Cc2ccc(O)cc2)C1=O. The Morgan fingerprint density at radius 3 is 2.60 bits per heavy atom. The van der Waals surface area contributed by atoms with E-state index in [9.17, 15) is 14.4 Å². The van der Waals surface area contributed by atoms with E-state index in [0.717, 1.165) is 4.90 Å². The van der Waals surface area contributed by atoms with Crippen LogP contribution in [0.2, 0.25) is 0 Å². The van der Waals surface area contributed by atoms with Crippen LogP contribution in [-0.4, -0.2) is 41.6 Å². The molecule has 3 amide bonds. The molecule has 1 fully saturated rings. The molecule has 7 heteroatoms. The van der Waals surface area contributed by atoms with Crippen molar-refractivity contribution in [3.8, 4) is 5.75 Å². The van der Waals surface area contributed by atoms with Gasteiger partial charge >= 0.3 is 12.0 Å². The minimum absolute atomic E-state index is 0.0598. The van der Waals surface area contributed by atoms with Crippen LogP contribution in [0.5, 0.6) is 5.75 Å². The molecule has 1 aliphatic rings. The van der Waals surface area contributed by atoms with E-state index in [1.807, 2.05) is 0 Å². The predicted molar refractivity (Wildman–Crippen MR) is 68.3 cm³/mol. The van der Waals surface area contributed by atoms with E-state index in [1.165, 1.54) is 25.3 Å². The van der Waals surface area contributed by atoms with Crippen molar-refractivity contribution in [2.45, 2.75) is 0 Å². The van der Waals surface area contributed by atoms with Crippen LogP contribution in [0.4, 0.5) is 4.79 Å². The first kappa shape index (κ1) is 13.6. The maximum Gasteiger partial charge on any atom is 0.329 e. The second kappa shape index (κ2) is 5.43. The van der Waals surface area contributed by atoms with Gasteiger partial charge in [-0.25, -0.2) is 9.69 Å². The maximum atomic E-state index is 12.0. The summed E-state index contributed by atoms with van der Waals surface area (Å²) in [5, 5.41) is 11.5. The number of imide groups is 1. The Morgan fingerprint density at radius 2 is 2.00 bits per heavy atom. The Kier molecular flexibility index (Phi) is 3.69. The van der Waals surface area contributed by atoms with Crippen LogP contribution in [0.15, 0.2) is 30.0 Å². The zero-order valence-electron chi connectivity index (χ0n) is 10.6. The second-order valence-electron chi connectivity index (χ2n) is 4.05. The first-order chi connectivity index (χ1) is 9.51. The van der Waals surface area contributed by atoms with Gasteiger partial charge in [0.1, 0.15) is 18.0 Å². The average Bonchev–Trinajstić information content (AvgIpc) is 2.69. The summed E-state index contributed by atoms with van der Waals surface area (Å²) in [6.45, 7) is -0.436. The molecular weight excluding hydrogens is 264 g/mol. The number of hydrogen-bond donors (Lipinski definition) is 2. The zero-order valence-corrected chi connectivity index (χ0v) is 10.6. The minimum atomic E-state index is -0.681. The molecule has 1 saturated heterocycles. The Bertz CT molecular complexity index is 591. The average molecular weight is 276 g/mol. The number of phenols is 1. The fourth-order valence-corrected chi connectivity index (χ4v) is 1.65. The lowest BCUT2D eigenvalue weighted by Gasteiger charge is -2.08. The van der Waals surface area contributed by atoms with Crippen molar-refractivity contribution in [2.24, 2.45) is 0 Å². The molecule has 7 nitrogen and oxygen atoms in total. The molecule has 0 aliphatic carbocycles. The molecule has 0 aromatic heterocycles. The number of esters is 1. The van der Waals surface area contributed by atoms with Crippen LogP contribution in [0.1, 0.15) is 5.56 Å². The minimum Gasteiger partial charge on any atom is -0.508 e. The number of carbonyl (C=O) groups excluding carboxylic acids is 3. The third kappa shape index (κ3) is 2.77. The van der Waals surface area contributed by atoms with E-state index >= 15 is 0 Å². The lowest BCUT2D eigenvalue weighted by molar-refractivity contribution is -0.143. The van der Waals surface area contributed by atoms with Gasteiger partial charge in [-0.1, -0.05) is 12.1 Å². The third-order valence-corrected chi connectivity index (χ3v) is 2.68. The first-order valence-corrected chi connectivity index (χ1v) is 5.71. The molecule has 0 spiro atoms. The monoisotopic (exact) mass is 276 g/mol. The molecule has 1 aromatic rings. The maximum absolute atomic E-state index is 12.0. The largest absolute Gasteiger partial charge is 0.508 e. The van der Waals surface area contributed by atoms with Gasteiger partial charge in [-0.05, 0) is 23.8 Å². The van der Waals surface area contributed by atoms with Crippen molar-refractivity contribution < 1.29 is 24.2 Å². The normalized spacial score (nSPS) is 16.4. The van der Waals surface area contributed by atoms with Crippen LogP contribution < -0.4 is 5.32 Å². The van der Waals surface area contributed by atoms with Crippen LogP contribution in [-0.2, 0) is 14.3 Å². The van der Waals surface area contributed by atoms with Gasteiger partial charge in [0.05, 0.1) is 7.11 Å². The highest BCUT2D eigenvalue weighted by Crippen LogP contribution is 2.16. The highest BCUT2D eigenvalue weighted by molar-refractivity contribution is 6.15. The number of carbonyl (C=O) groups is 3. The topological polar surface area (TPSA) is 95.9 Å². The Hall–Kier alpha value is -2.83. The fourth-order valence-electron chi connectivity index (χ4n) is 1.65. The number of hydrogen-bond acceptors (Lipinski definition) is 5. The molecule has 1 heterocycles. The molecule has 0 radical (unpaired) electrons.